The van der Waals surface area contributed by atoms with Crippen LogP contribution in [0.25, 0.3) is 22.8 Å². The predicted molar refractivity (Wildman–Crippen MR) is 79.8 cm³/mol. The molecule has 2 heterocycles. The number of methoxy groups -OCH3 is 1. The molecule has 0 fully saturated rings. The summed E-state index contributed by atoms with van der Waals surface area (Å²) < 4.78 is 4.75. The summed E-state index contributed by atoms with van der Waals surface area (Å²) in [5.74, 6) is -0.224. The molecule has 0 atom stereocenters. The lowest BCUT2D eigenvalue weighted by Gasteiger charge is -2.07. The highest BCUT2D eigenvalue weighted by molar-refractivity contribution is 5.94. The molecule has 0 aliphatic carbocycles. The Bertz CT molecular complexity index is 792. The van der Waals surface area contributed by atoms with Crippen LogP contribution in [0.2, 0.25) is 0 Å². The molecule has 2 aromatic heterocycles. The first kappa shape index (κ1) is 13.8. The lowest BCUT2D eigenvalue weighted by Crippen LogP contribution is -2.11. The lowest BCUT2D eigenvalue weighted by atomic mass is 10.1. The molecule has 22 heavy (non-hydrogen) atoms. The van der Waals surface area contributed by atoms with Gasteiger partial charge in [0, 0.05) is 11.8 Å². The highest BCUT2D eigenvalue weighted by Gasteiger charge is 2.19. The van der Waals surface area contributed by atoms with Gasteiger partial charge in [-0.2, -0.15) is 0 Å². The Kier molecular flexibility index (Phi) is 3.82. The quantitative estimate of drug-likeness (QED) is 0.690. The minimum Gasteiger partial charge on any atom is -0.464 e. The van der Waals surface area contributed by atoms with Gasteiger partial charge in [-0.05, 0) is 12.1 Å². The van der Waals surface area contributed by atoms with Crippen LogP contribution in [0.5, 0.6) is 0 Å². The van der Waals surface area contributed by atoms with Crippen molar-refractivity contribution in [3.8, 4) is 22.8 Å². The molecular weight excluding hydrogens is 280 g/mol. The fourth-order valence-corrected chi connectivity index (χ4v) is 1.96. The normalized spacial score (nSPS) is 10.2. The molecule has 0 amide bonds. The van der Waals surface area contributed by atoms with Crippen LogP contribution in [0, 0.1) is 0 Å². The van der Waals surface area contributed by atoms with Crippen LogP contribution in [-0.4, -0.2) is 33.2 Å². The van der Waals surface area contributed by atoms with Crippen molar-refractivity contribution in [3.63, 3.8) is 0 Å². The van der Waals surface area contributed by atoms with Crippen LogP contribution in [0.1, 0.15) is 10.5 Å². The number of rotatable bonds is 3. The molecule has 0 saturated heterocycles. The number of esters is 1. The Hall–Kier alpha value is -3.15. The Morgan fingerprint density at radius 2 is 1.77 bits per heavy atom. The Morgan fingerprint density at radius 3 is 2.45 bits per heavy atom. The summed E-state index contributed by atoms with van der Waals surface area (Å²) in [4.78, 5) is 20.5. The van der Waals surface area contributed by atoms with E-state index in [0.29, 0.717) is 17.2 Å². The maximum absolute atomic E-state index is 11.9. The van der Waals surface area contributed by atoms with E-state index in [9.17, 15) is 4.79 Å². The first-order valence-electron chi connectivity index (χ1n) is 6.59. The van der Waals surface area contributed by atoms with Gasteiger partial charge in [-0.3, -0.25) is 4.98 Å². The molecule has 0 aliphatic heterocycles. The van der Waals surface area contributed by atoms with Gasteiger partial charge in [0.2, 0.25) is 5.82 Å². The van der Waals surface area contributed by atoms with Crippen molar-refractivity contribution in [2.24, 2.45) is 0 Å². The molecule has 108 valence electrons. The average Bonchev–Trinajstić information content (AvgIpc) is 2.62. The summed E-state index contributed by atoms with van der Waals surface area (Å²) in [6.45, 7) is 0. The van der Waals surface area contributed by atoms with Crippen LogP contribution >= 0.6 is 0 Å². The van der Waals surface area contributed by atoms with E-state index < -0.39 is 5.97 Å². The average molecular weight is 292 g/mol. The number of aromatic nitrogens is 4. The first-order valence-corrected chi connectivity index (χ1v) is 6.59. The number of nitrogens with zero attached hydrogens (tertiary/aromatic N) is 4. The first-order chi connectivity index (χ1) is 10.8. The molecule has 0 spiro atoms. The van der Waals surface area contributed by atoms with Crippen LogP contribution < -0.4 is 0 Å². The second-order valence-corrected chi connectivity index (χ2v) is 4.41. The zero-order valence-corrected chi connectivity index (χ0v) is 11.8. The van der Waals surface area contributed by atoms with Gasteiger partial charge < -0.3 is 4.74 Å². The van der Waals surface area contributed by atoms with Crippen molar-refractivity contribution < 1.29 is 9.53 Å². The van der Waals surface area contributed by atoms with E-state index in [2.05, 4.69) is 20.2 Å². The van der Waals surface area contributed by atoms with Crippen molar-refractivity contribution in [1.29, 1.82) is 0 Å². The number of carbonyl (C=O) groups is 1. The standard InChI is InChI=1S/C16H12N4O2/c1-22-16(21)14-13(11-7-3-2-4-8-11)18-15(20-19-14)12-9-5-6-10-17-12/h2-10H,1H3. The molecule has 1 aromatic carbocycles. The van der Waals surface area contributed by atoms with E-state index in [4.69, 9.17) is 4.74 Å². The van der Waals surface area contributed by atoms with Gasteiger partial charge in [0.25, 0.3) is 0 Å². The third kappa shape index (κ3) is 2.67. The van der Waals surface area contributed by atoms with E-state index in [0.717, 1.165) is 5.56 Å². The summed E-state index contributed by atoms with van der Waals surface area (Å²) in [5.41, 5.74) is 1.84. The number of benzene rings is 1. The molecule has 0 bridgehead atoms. The van der Waals surface area contributed by atoms with Crippen molar-refractivity contribution >= 4 is 5.97 Å². The minimum atomic E-state index is -0.577. The van der Waals surface area contributed by atoms with Gasteiger partial charge in [-0.15, -0.1) is 10.2 Å². The Morgan fingerprint density at radius 1 is 1.00 bits per heavy atom. The van der Waals surface area contributed by atoms with Gasteiger partial charge in [-0.1, -0.05) is 36.4 Å². The van der Waals surface area contributed by atoms with E-state index in [1.165, 1.54) is 7.11 Å². The topological polar surface area (TPSA) is 77.9 Å². The fourth-order valence-electron chi connectivity index (χ4n) is 1.96. The molecule has 3 rings (SSSR count). The maximum atomic E-state index is 11.9. The number of hydrogen-bond acceptors (Lipinski definition) is 6. The molecule has 0 aliphatic rings. The van der Waals surface area contributed by atoms with Gasteiger partial charge in [0.1, 0.15) is 11.4 Å². The number of pyridine rings is 1. The minimum absolute atomic E-state index is 0.0772. The second-order valence-electron chi connectivity index (χ2n) is 4.41. The van der Waals surface area contributed by atoms with E-state index in [1.54, 1.807) is 18.3 Å². The van der Waals surface area contributed by atoms with Crippen LogP contribution in [0.15, 0.2) is 54.7 Å². The summed E-state index contributed by atoms with van der Waals surface area (Å²) in [7, 11) is 1.30. The van der Waals surface area contributed by atoms with Gasteiger partial charge >= 0.3 is 5.97 Å². The summed E-state index contributed by atoms with van der Waals surface area (Å²) >= 11 is 0. The second kappa shape index (κ2) is 6.09. The van der Waals surface area contributed by atoms with Crippen molar-refractivity contribution in [2.75, 3.05) is 7.11 Å². The van der Waals surface area contributed by atoms with E-state index in [-0.39, 0.29) is 5.69 Å². The number of carbonyl (C=O) groups excluding carboxylic acids is 1. The van der Waals surface area contributed by atoms with Crippen LogP contribution in [0.3, 0.4) is 0 Å². The zero-order valence-electron chi connectivity index (χ0n) is 11.8. The van der Waals surface area contributed by atoms with Gasteiger partial charge in [0.15, 0.2) is 5.69 Å². The van der Waals surface area contributed by atoms with E-state index in [1.807, 2.05) is 36.4 Å². The summed E-state index contributed by atoms with van der Waals surface area (Å²) in [6, 6.07) is 14.7. The fraction of sp³-hybridized carbons (Fsp3) is 0.0625. The van der Waals surface area contributed by atoms with Gasteiger partial charge in [0.05, 0.1) is 7.11 Å². The summed E-state index contributed by atoms with van der Waals surface area (Å²) in [6.07, 6.45) is 1.65. The SMILES string of the molecule is COC(=O)c1nnc(-c2ccccn2)nc1-c1ccccc1. The molecule has 0 N–H and O–H groups in total. The molecule has 0 saturated carbocycles. The van der Waals surface area contributed by atoms with Gasteiger partial charge in [-0.25, -0.2) is 9.78 Å². The molecular formula is C16H12N4O2. The van der Waals surface area contributed by atoms with Crippen molar-refractivity contribution in [1.82, 2.24) is 20.2 Å². The number of ether oxygens (including phenoxy) is 1. The highest BCUT2D eigenvalue weighted by atomic mass is 16.5. The van der Waals surface area contributed by atoms with Crippen LogP contribution in [-0.2, 0) is 4.74 Å². The zero-order chi connectivity index (χ0) is 15.4. The largest absolute Gasteiger partial charge is 0.464 e. The number of hydrogen-bond donors (Lipinski definition) is 0. The predicted octanol–water partition coefficient (Wildman–Crippen LogP) is 2.39. The monoisotopic (exact) mass is 292 g/mol. The molecule has 6 heteroatoms. The highest BCUT2D eigenvalue weighted by Crippen LogP contribution is 2.22. The lowest BCUT2D eigenvalue weighted by molar-refractivity contribution is 0.0593. The molecule has 0 radical (unpaired) electrons. The smallest absolute Gasteiger partial charge is 0.360 e. The Labute approximate surface area is 126 Å². The maximum Gasteiger partial charge on any atom is 0.360 e. The Balaban J connectivity index is 2.17. The molecule has 3 aromatic rings. The molecule has 0 unspecified atom stereocenters. The third-order valence-electron chi connectivity index (χ3n) is 3.01. The van der Waals surface area contributed by atoms with E-state index >= 15 is 0 Å². The van der Waals surface area contributed by atoms with Crippen molar-refractivity contribution in [2.45, 2.75) is 0 Å². The third-order valence-corrected chi connectivity index (χ3v) is 3.01. The summed E-state index contributed by atoms with van der Waals surface area (Å²) in [5, 5.41) is 7.95. The van der Waals surface area contributed by atoms with Crippen LogP contribution in [0.4, 0.5) is 0 Å². The van der Waals surface area contributed by atoms with Crippen molar-refractivity contribution in [3.05, 3.63) is 60.4 Å². The molecule has 6 nitrogen and oxygen atoms in total.